The number of aryl methyl sites for hydroxylation is 1. The summed E-state index contributed by atoms with van der Waals surface area (Å²) in [6.45, 7) is 9.89. The summed E-state index contributed by atoms with van der Waals surface area (Å²) >= 11 is 1.78. The Morgan fingerprint density at radius 2 is 1.81 bits per heavy atom. The second-order valence-corrected chi connectivity index (χ2v) is 12.8. The molecule has 1 aliphatic carbocycles. The Morgan fingerprint density at radius 1 is 1.08 bits per heavy atom. The van der Waals surface area contributed by atoms with Crippen molar-refractivity contribution in [1.82, 2.24) is 25.0 Å². The van der Waals surface area contributed by atoms with E-state index in [4.69, 9.17) is 0 Å². The van der Waals surface area contributed by atoms with Crippen LogP contribution < -0.4 is 5.32 Å². The highest BCUT2D eigenvalue weighted by molar-refractivity contribution is 7.10. The third-order valence-electron chi connectivity index (χ3n) is 9.31. The van der Waals surface area contributed by atoms with Gasteiger partial charge in [-0.25, -0.2) is 0 Å². The molecule has 3 atom stereocenters. The molecule has 2 bridgehead atoms. The number of carbonyl (C=O) groups excluding carboxylic acids is 1. The second kappa shape index (κ2) is 11.3. The van der Waals surface area contributed by atoms with Crippen LogP contribution in [0.25, 0.3) is 0 Å². The number of fused-ring (bicyclic) bond motifs is 2. The van der Waals surface area contributed by atoms with Gasteiger partial charge in [0, 0.05) is 41.4 Å². The molecule has 1 amide bonds. The summed E-state index contributed by atoms with van der Waals surface area (Å²) in [6, 6.07) is 6.21. The zero-order valence-corrected chi connectivity index (χ0v) is 23.5. The van der Waals surface area contributed by atoms with Gasteiger partial charge in [-0.1, -0.05) is 33.3 Å². The molecule has 2 aromatic rings. The van der Waals surface area contributed by atoms with Gasteiger partial charge in [-0.2, -0.15) is 0 Å². The number of aromatic nitrogens is 3. The number of nitrogens with one attached hydrogen (secondary N) is 1. The lowest BCUT2D eigenvalue weighted by atomic mass is 9.80. The van der Waals surface area contributed by atoms with Gasteiger partial charge in [0.2, 0.25) is 5.91 Å². The van der Waals surface area contributed by atoms with Crippen LogP contribution in [0.2, 0.25) is 0 Å². The first kappa shape index (κ1) is 25.9. The first-order chi connectivity index (χ1) is 17.4. The van der Waals surface area contributed by atoms with E-state index in [0.29, 0.717) is 24.0 Å². The summed E-state index contributed by atoms with van der Waals surface area (Å²) in [5.41, 5.74) is 0. The molecule has 1 N–H and O–H groups in total. The van der Waals surface area contributed by atoms with E-state index < -0.39 is 0 Å². The third-order valence-corrected chi connectivity index (χ3v) is 10.3. The largest absolute Gasteiger partial charge is 0.348 e. The van der Waals surface area contributed by atoms with Crippen LogP contribution in [0.15, 0.2) is 17.5 Å². The van der Waals surface area contributed by atoms with E-state index in [9.17, 15) is 4.79 Å². The molecule has 0 aromatic carbocycles. The van der Waals surface area contributed by atoms with E-state index in [2.05, 4.69) is 70.2 Å². The van der Waals surface area contributed by atoms with Crippen LogP contribution >= 0.6 is 11.3 Å². The number of thiophene rings is 1. The standard InChI is InChI=1S/C29H45N5OS/c1-5-21-8-10-22(11-9-21)29(35)30-26(27-7-6-16-36-27)14-15-33-23-12-13-24(33)18-25(17-23)34-20(4)31-32-28(34)19(2)3/h6-7,16,19,21-26H,5,8-15,17-18H2,1-4H3,(H,30,35)/t21?,22?,23?,24?,25?,26-/m0/s1. The molecule has 1 saturated carbocycles. The van der Waals surface area contributed by atoms with Gasteiger partial charge in [-0.05, 0) is 82.1 Å². The number of carbonyl (C=O) groups is 1. The number of hydrogen-bond acceptors (Lipinski definition) is 5. The summed E-state index contributed by atoms with van der Waals surface area (Å²) in [7, 11) is 0. The lowest BCUT2D eigenvalue weighted by molar-refractivity contribution is -0.127. The third kappa shape index (κ3) is 5.42. The molecule has 3 aliphatic rings. The summed E-state index contributed by atoms with van der Waals surface area (Å²) < 4.78 is 2.44. The Bertz CT molecular complexity index is 979. The monoisotopic (exact) mass is 511 g/mol. The van der Waals surface area contributed by atoms with Gasteiger partial charge in [-0.3, -0.25) is 9.69 Å². The van der Waals surface area contributed by atoms with Gasteiger partial charge in [0.1, 0.15) is 11.6 Å². The van der Waals surface area contributed by atoms with Crippen molar-refractivity contribution in [2.24, 2.45) is 11.8 Å². The van der Waals surface area contributed by atoms with Crippen molar-refractivity contribution in [2.45, 2.75) is 122 Å². The van der Waals surface area contributed by atoms with Crippen molar-refractivity contribution in [2.75, 3.05) is 6.54 Å². The first-order valence-electron chi connectivity index (χ1n) is 14.5. The average Bonchev–Trinajstić information content (AvgIpc) is 3.60. The van der Waals surface area contributed by atoms with Crippen LogP contribution in [0.1, 0.15) is 120 Å². The predicted molar refractivity (Wildman–Crippen MR) is 146 cm³/mol. The number of rotatable bonds is 9. The summed E-state index contributed by atoms with van der Waals surface area (Å²) in [4.78, 5) is 17.3. The highest BCUT2D eigenvalue weighted by Crippen LogP contribution is 2.42. The Morgan fingerprint density at radius 3 is 2.42 bits per heavy atom. The van der Waals surface area contributed by atoms with Gasteiger partial charge in [-0.15, -0.1) is 21.5 Å². The maximum absolute atomic E-state index is 13.2. The smallest absolute Gasteiger partial charge is 0.223 e. The van der Waals surface area contributed by atoms with Crippen molar-refractivity contribution in [3.8, 4) is 0 Å². The Kier molecular flexibility index (Phi) is 8.16. The lowest BCUT2D eigenvalue weighted by Crippen LogP contribution is -2.45. The molecule has 5 rings (SSSR count). The van der Waals surface area contributed by atoms with E-state index in [-0.39, 0.29) is 17.9 Å². The van der Waals surface area contributed by atoms with Crippen LogP contribution in [0, 0.1) is 18.8 Å². The van der Waals surface area contributed by atoms with Crippen molar-refractivity contribution >= 4 is 17.2 Å². The van der Waals surface area contributed by atoms with E-state index in [0.717, 1.165) is 43.4 Å². The Hall–Kier alpha value is -1.73. The summed E-state index contributed by atoms with van der Waals surface area (Å²) in [5.74, 6) is 3.90. The fourth-order valence-electron chi connectivity index (χ4n) is 7.23. The highest BCUT2D eigenvalue weighted by Gasteiger charge is 2.42. The molecule has 2 saturated heterocycles. The number of piperidine rings is 1. The van der Waals surface area contributed by atoms with Crippen LogP contribution in [0.3, 0.4) is 0 Å². The molecule has 7 heteroatoms. The molecule has 3 fully saturated rings. The minimum absolute atomic E-state index is 0.131. The molecule has 0 radical (unpaired) electrons. The molecule has 4 heterocycles. The highest BCUT2D eigenvalue weighted by atomic mass is 32.1. The minimum atomic E-state index is 0.131. The SMILES string of the molecule is CCC1CCC(C(=O)N[C@@H](CCN2C3CCC2CC(n2c(C)nnc2C(C)C)C3)c2cccs2)CC1. The molecule has 36 heavy (non-hydrogen) atoms. The van der Waals surface area contributed by atoms with Gasteiger partial charge < -0.3 is 9.88 Å². The zero-order chi connectivity index (χ0) is 25.2. The van der Waals surface area contributed by atoms with Crippen molar-refractivity contribution < 1.29 is 4.79 Å². The van der Waals surface area contributed by atoms with E-state index in [1.54, 1.807) is 11.3 Å². The van der Waals surface area contributed by atoms with Gasteiger partial charge in [0.15, 0.2) is 0 Å². The second-order valence-electron chi connectivity index (χ2n) is 11.9. The van der Waals surface area contributed by atoms with Gasteiger partial charge >= 0.3 is 0 Å². The fourth-order valence-corrected chi connectivity index (χ4v) is 8.04. The molecule has 6 nitrogen and oxygen atoms in total. The minimum Gasteiger partial charge on any atom is -0.348 e. The molecular weight excluding hydrogens is 466 g/mol. The number of nitrogens with zero attached hydrogens (tertiary/aromatic N) is 4. The molecule has 0 spiro atoms. The van der Waals surface area contributed by atoms with Gasteiger partial charge in [0.05, 0.1) is 6.04 Å². The number of hydrogen-bond donors (Lipinski definition) is 1. The maximum Gasteiger partial charge on any atom is 0.223 e. The zero-order valence-electron chi connectivity index (χ0n) is 22.7. The molecule has 2 unspecified atom stereocenters. The average molecular weight is 512 g/mol. The van der Waals surface area contributed by atoms with Crippen molar-refractivity contribution in [1.29, 1.82) is 0 Å². The predicted octanol–water partition coefficient (Wildman–Crippen LogP) is 6.40. The topological polar surface area (TPSA) is 63.1 Å². The van der Waals surface area contributed by atoms with Crippen LogP contribution in [-0.4, -0.2) is 44.2 Å². The van der Waals surface area contributed by atoms with Crippen LogP contribution in [0.5, 0.6) is 0 Å². The quantitative estimate of drug-likeness (QED) is 0.423. The van der Waals surface area contributed by atoms with Crippen LogP contribution in [-0.2, 0) is 4.79 Å². The van der Waals surface area contributed by atoms with E-state index in [1.807, 2.05) is 0 Å². The summed E-state index contributed by atoms with van der Waals surface area (Å²) in [6.07, 6.45) is 11.7. The van der Waals surface area contributed by atoms with E-state index in [1.165, 1.54) is 49.8 Å². The fraction of sp³-hybridized carbons (Fsp3) is 0.759. The molecule has 198 valence electrons. The molecule has 2 aliphatic heterocycles. The van der Waals surface area contributed by atoms with Crippen molar-refractivity contribution in [3.63, 3.8) is 0 Å². The molecular formula is C29H45N5OS. The van der Waals surface area contributed by atoms with E-state index >= 15 is 0 Å². The summed E-state index contributed by atoms with van der Waals surface area (Å²) in [5, 5.41) is 14.6. The normalized spacial score (nSPS) is 29.5. The first-order valence-corrected chi connectivity index (χ1v) is 15.3. The Labute approximate surface area is 221 Å². The number of amides is 1. The van der Waals surface area contributed by atoms with Gasteiger partial charge in [0.25, 0.3) is 0 Å². The lowest BCUT2D eigenvalue weighted by Gasteiger charge is -2.40. The molecule has 2 aromatic heterocycles. The Balaban J connectivity index is 1.21. The van der Waals surface area contributed by atoms with Crippen molar-refractivity contribution in [3.05, 3.63) is 34.0 Å². The van der Waals surface area contributed by atoms with Crippen LogP contribution in [0.4, 0.5) is 0 Å². The maximum atomic E-state index is 13.2.